The topological polar surface area (TPSA) is 76.2 Å². The van der Waals surface area contributed by atoms with Gasteiger partial charge in [-0.3, -0.25) is 9.48 Å². The molecule has 0 bridgehead atoms. The first-order valence-electron chi connectivity index (χ1n) is 5.59. The lowest BCUT2D eigenvalue weighted by Gasteiger charge is -2.16. The zero-order valence-corrected chi connectivity index (χ0v) is 10.9. The molecule has 0 saturated heterocycles. The van der Waals surface area contributed by atoms with Gasteiger partial charge in [0, 0.05) is 31.9 Å². The van der Waals surface area contributed by atoms with Crippen molar-refractivity contribution in [3.63, 3.8) is 0 Å². The molecule has 1 heterocycles. The summed E-state index contributed by atoms with van der Waals surface area (Å²) in [5.41, 5.74) is 7.09. The predicted molar refractivity (Wildman–Crippen MR) is 66.4 cm³/mol. The number of likely N-dealkylation sites (N-methyl/N-ethyl adjacent to an activating group) is 1. The zero-order chi connectivity index (χ0) is 13.0. The van der Waals surface area contributed by atoms with Crippen molar-refractivity contribution in [2.24, 2.45) is 12.8 Å². The number of nitrogens with two attached hydrogens (primary N) is 1. The summed E-state index contributed by atoms with van der Waals surface area (Å²) in [7, 11) is 5.79. The Morgan fingerprint density at radius 1 is 1.65 bits per heavy atom. The van der Waals surface area contributed by atoms with Crippen LogP contribution in [0, 0.1) is 6.92 Å². The highest BCUT2D eigenvalue weighted by atomic mass is 16.1. The molecule has 1 aromatic rings. The summed E-state index contributed by atoms with van der Waals surface area (Å²) < 4.78 is 1.69. The van der Waals surface area contributed by atoms with Crippen molar-refractivity contribution >= 4 is 5.91 Å². The van der Waals surface area contributed by atoms with Crippen LogP contribution in [0.25, 0.3) is 0 Å². The van der Waals surface area contributed by atoms with Gasteiger partial charge < -0.3 is 16.0 Å². The van der Waals surface area contributed by atoms with Gasteiger partial charge in [-0.25, -0.2) is 0 Å². The number of nitrogens with one attached hydrogen (secondary N) is 1. The maximum atomic E-state index is 11.4. The molecule has 0 saturated carbocycles. The Morgan fingerprint density at radius 2 is 2.29 bits per heavy atom. The zero-order valence-electron chi connectivity index (χ0n) is 10.9. The molecular formula is C11H21N5O. The molecular weight excluding hydrogens is 218 g/mol. The van der Waals surface area contributed by atoms with Gasteiger partial charge in [0.15, 0.2) is 0 Å². The summed E-state index contributed by atoms with van der Waals surface area (Å²) in [6.45, 7) is 3.43. The lowest BCUT2D eigenvalue weighted by Crippen LogP contribution is -2.37. The van der Waals surface area contributed by atoms with E-state index in [-0.39, 0.29) is 5.91 Å². The van der Waals surface area contributed by atoms with Gasteiger partial charge in [0.25, 0.3) is 0 Å². The number of carbonyl (C=O) groups is 1. The van der Waals surface area contributed by atoms with Crippen molar-refractivity contribution in [2.75, 3.05) is 27.2 Å². The Labute approximate surface area is 102 Å². The number of aryl methyl sites for hydroxylation is 2. The molecule has 0 radical (unpaired) electrons. The first-order chi connectivity index (χ1) is 7.91. The van der Waals surface area contributed by atoms with Gasteiger partial charge in [-0.15, -0.1) is 0 Å². The Morgan fingerprint density at radius 3 is 2.71 bits per heavy atom. The van der Waals surface area contributed by atoms with Crippen LogP contribution in [-0.4, -0.2) is 47.8 Å². The van der Waals surface area contributed by atoms with Gasteiger partial charge in [-0.2, -0.15) is 5.10 Å². The second-order valence-electron chi connectivity index (χ2n) is 4.44. The summed E-state index contributed by atoms with van der Waals surface area (Å²) in [5, 5.41) is 7.37. The Balaban J connectivity index is 2.73. The predicted octanol–water partition coefficient (Wildman–Crippen LogP) is -0.594. The molecule has 6 nitrogen and oxygen atoms in total. The quantitative estimate of drug-likeness (QED) is 0.695. The largest absolute Gasteiger partial charge is 0.368 e. The Kier molecular flexibility index (Phi) is 4.65. The molecule has 1 amide bonds. The third-order valence-electron chi connectivity index (χ3n) is 2.55. The van der Waals surface area contributed by atoms with Gasteiger partial charge in [-0.05, 0) is 21.0 Å². The van der Waals surface area contributed by atoms with E-state index in [1.807, 2.05) is 39.2 Å². The van der Waals surface area contributed by atoms with Gasteiger partial charge >= 0.3 is 0 Å². The minimum atomic E-state index is -0.469. The molecule has 96 valence electrons. The lowest BCUT2D eigenvalue weighted by molar-refractivity contribution is -0.120. The van der Waals surface area contributed by atoms with Gasteiger partial charge in [0.05, 0.1) is 5.69 Å². The lowest BCUT2D eigenvalue weighted by atomic mass is 10.1. The summed E-state index contributed by atoms with van der Waals surface area (Å²) >= 11 is 0. The molecule has 0 aliphatic rings. The van der Waals surface area contributed by atoms with E-state index >= 15 is 0 Å². The van der Waals surface area contributed by atoms with Crippen molar-refractivity contribution in [1.29, 1.82) is 0 Å². The fraction of sp³-hybridized carbons (Fsp3) is 0.636. The average molecular weight is 239 g/mol. The van der Waals surface area contributed by atoms with Gasteiger partial charge in [0.2, 0.25) is 5.91 Å². The van der Waals surface area contributed by atoms with Crippen molar-refractivity contribution in [3.05, 3.63) is 17.5 Å². The summed E-state index contributed by atoms with van der Waals surface area (Å²) in [5.74, 6) is -0.375. The van der Waals surface area contributed by atoms with Crippen molar-refractivity contribution in [3.8, 4) is 0 Å². The fourth-order valence-electron chi connectivity index (χ4n) is 1.70. The van der Waals surface area contributed by atoms with E-state index in [0.717, 1.165) is 17.8 Å². The third kappa shape index (κ3) is 3.83. The molecule has 6 heteroatoms. The molecule has 1 unspecified atom stereocenters. The molecule has 1 rings (SSSR count). The van der Waals surface area contributed by atoms with E-state index in [4.69, 9.17) is 5.73 Å². The number of rotatable bonds is 6. The van der Waals surface area contributed by atoms with E-state index in [9.17, 15) is 4.79 Å². The molecule has 17 heavy (non-hydrogen) atoms. The third-order valence-corrected chi connectivity index (χ3v) is 2.55. The SMILES string of the molecule is Cc1nn(C)cc1C(NCCN(C)C)C(N)=O. The minimum Gasteiger partial charge on any atom is -0.368 e. The second kappa shape index (κ2) is 5.79. The number of hydrogen-bond acceptors (Lipinski definition) is 4. The van der Waals surface area contributed by atoms with Crippen LogP contribution >= 0.6 is 0 Å². The first kappa shape index (κ1) is 13.7. The van der Waals surface area contributed by atoms with Crippen LogP contribution in [0.1, 0.15) is 17.3 Å². The highest BCUT2D eigenvalue weighted by Gasteiger charge is 2.21. The highest BCUT2D eigenvalue weighted by molar-refractivity contribution is 5.81. The molecule has 1 atom stereocenters. The van der Waals surface area contributed by atoms with Crippen molar-refractivity contribution < 1.29 is 4.79 Å². The Bertz CT molecular complexity index is 385. The van der Waals surface area contributed by atoms with Crippen molar-refractivity contribution in [2.45, 2.75) is 13.0 Å². The van der Waals surface area contributed by atoms with E-state index in [2.05, 4.69) is 10.4 Å². The number of amides is 1. The minimum absolute atomic E-state index is 0.375. The maximum absolute atomic E-state index is 11.4. The average Bonchev–Trinajstić information content (AvgIpc) is 2.51. The highest BCUT2D eigenvalue weighted by Crippen LogP contribution is 2.15. The van der Waals surface area contributed by atoms with Crippen LogP contribution in [0.5, 0.6) is 0 Å². The van der Waals surface area contributed by atoms with E-state index in [1.165, 1.54) is 0 Å². The van der Waals surface area contributed by atoms with Crippen LogP contribution < -0.4 is 11.1 Å². The van der Waals surface area contributed by atoms with Crippen LogP contribution in [0.3, 0.4) is 0 Å². The van der Waals surface area contributed by atoms with Crippen molar-refractivity contribution in [1.82, 2.24) is 20.0 Å². The number of nitrogens with zero attached hydrogens (tertiary/aromatic N) is 3. The first-order valence-corrected chi connectivity index (χ1v) is 5.59. The van der Waals surface area contributed by atoms with Gasteiger partial charge in [-0.1, -0.05) is 0 Å². The monoisotopic (exact) mass is 239 g/mol. The van der Waals surface area contributed by atoms with Gasteiger partial charge in [0.1, 0.15) is 6.04 Å². The molecule has 0 fully saturated rings. The van der Waals surface area contributed by atoms with Crippen LogP contribution in [-0.2, 0) is 11.8 Å². The smallest absolute Gasteiger partial charge is 0.239 e. The molecule has 0 aromatic carbocycles. The summed E-state index contributed by atoms with van der Waals surface area (Å²) in [6, 6.07) is -0.469. The normalized spacial score (nSPS) is 13.0. The second-order valence-corrected chi connectivity index (χ2v) is 4.44. The molecule has 0 aliphatic carbocycles. The number of hydrogen-bond donors (Lipinski definition) is 2. The van der Waals surface area contributed by atoms with Crippen LogP contribution in [0.15, 0.2) is 6.20 Å². The molecule has 0 spiro atoms. The maximum Gasteiger partial charge on any atom is 0.239 e. The molecule has 0 aliphatic heterocycles. The standard InChI is InChI=1S/C11H21N5O/c1-8-9(7-16(4)14-8)10(11(12)17)13-5-6-15(2)3/h7,10,13H,5-6H2,1-4H3,(H2,12,17). The number of carbonyl (C=O) groups excluding carboxylic acids is 1. The van der Waals surface area contributed by atoms with Crippen LogP contribution in [0.2, 0.25) is 0 Å². The van der Waals surface area contributed by atoms with Crippen LogP contribution in [0.4, 0.5) is 0 Å². The molecule has 1 aromatic heterocycles. The summed E-state index contributed by atoms with van der Waals surface area (Å²) in [6.07, 6.45) is 1.83. The Hall–Kier alpha value is -1.40. The number of primary amides is 1. The van der Waals surface area contributed by atoms with E-state index in [0.29, 0.717) is 6.54 Å². The molecule has 3 N–H and O–H groups in total. The van der Waals surface area contributed by atoms with E-state index in [1.54, 1.807) is 4.68 Å². The fourth-order valence-corrected chi connectivity index (χ4v) is 1.70. The summed E-state index contributed by atoms with van der Waals surface area (Å²) in [4.78, 5) is 13.5. The van der Waals surface area contributed by atoms with E-state index < -0.39 is 6.04 Å². The number of aromatic nitrogens is 2.